The lowest BCUT2D eigenvalue weighted by atomic mass is 9.98. The molecule has 0 N–H and O–H groups in total. The van der Waals surface area contributed by atoms with Crippen LogP contribution >= 0.6 is 0 Å². The predicted molar refractivity (Wildman–Crippen MR) is 58.5 cm³/mol. The van der Waals surface area contributed by atoms with E-state index in [0.29, 0.717) is 6.42 Å². The molecule has 4 heteroatoms. The summed E-state index contributed by atoms with van der Waals surface area (Å²) in [5.74, 6) is 1.18. The summed E-state index contributed by atoms with van der Waals surface area (Å²) in [7, 11) is 0. The largest absolute Gasteiger partial charge is 0.299 e. The number of hydrogen-bond acceptors (Lipinski definition) is 3. The molecule has 0 aliphatic heterocycles. The number of ketones is 1. The standard InChI is InChI=1S/C11H19N3O/c1-4-6-9(3)10(15)7-11-12-8-13-14(11)5-2/h8-9H,4-7H2,1-3H3. The molecule has 1 rings (SSSR count). The average molecular weight is 209 g/mol. The van der Waals surface area contributed by atoms with Gasteiger partial charge in [-0.15, -0.1) is 0 Å². The van der Waals surface area contributed by atoms with Crippen molar-refractivity contribution >= 4 is 5.78 Å². The molecule has 1 atom stereocenters. The number of rotatable bonds is 6. The van der Waals surface area contributed by atoms with Gasteiger partial charge >= 0.3 is 0 Å². The molecule has 0 aromatic carbocycles. The van der Waals surface area contributed by atoms with Crippen molar-refractivity contribution in [2.45, 2.75) is 46.6 Å². The maximum atomic E-state index is 11.8. The minimum atomic E-state index is 0.136. The summed E-state index contributed by atoms with van der Waals surface area (Å²) in [5.41, 5.74) is 0. The lowest BCUT2D eigenvalue weighted by Crippen LogP contribution is -2.17. The lowest BCUT2D eigenvalue weighted by molar-refractivity contribution is -0.122. The molecule has 0 aliphatic carbocycles. The third kappa shape index (κ3) is 3.15. The molecule has 0 aliphatic rings. The number of hydrogen-bond donors (Lipinski definition) is 0. The first kappa shape index (κ1) is 11.9. The van der Waals surface area contributed by atoms with Crippen LogP contribution in [-0.2, 0) is 17.8 Å². The summed E-state index contributed by atoms with van der Waals surface area (Å²) < 4.78 is 1.77. The van der Waals surface area contributed by atoms with Crippen molar-refractivity contribution in [2.24, 2.45) is 5.92 Å². The Morgan fingerprint density at radius 3 is 2.87 bits per heavy atom. The Hall–Kier alpha value is -1.19. The first-order valence-electron chi connectivity index (χ1n) is 5.58. The van der Waals surface area contributed by atoms with Gasteiger partial charge in [0.25, 0.3) is 0 Å². The maximum Gasteiger partial charge on any atom is 0.143 e. The van der Waals surface area contributed by atoms with Crippen LogP contribution < -0.4 is 0 Å². The molecule has 1 aromatic heterocycles. The van der Waals surface area contributed by atoms with Crippen LogP contribution in [0.15, 0.2) is 6.33 Å². The van der Waals surface area contributed by atoms with Gasteiger partial charge in [0.2, 0.25) is 0 Å². The monoisotopic (exact) mass is 209 g/mol. The minimum Gasteiger partial charge on any atom is -0.299 e. The summed E-state index contributed by atoms with van der Waals surface area (Å²) in [6.45, 7) is 6.85. The number of carbonyl (C=O) groups is 1. The van der Waals surface area contributed by atoms with Gasteiger partial charge in [-0.3, -0.25) is 4.79 Å². The number of aryl methyl sites for hydroxylation is 1. The highest BCUT2D eigenvalue weighted by Gasteiger charge is 2.15. The predicted octanol–water partition coefficient (Wildman–Crippen LogP) is 1.85. The molecule has 0 amide bonds. The van der Waals surface area contributed by atoms with Crippen LogP contribution in [0.25, 0.3) is 0 Å². The Bertz CT molecular complexity index is 319. The van der Waals surface area contributed by atoms with Crippen LogP contribution in [0.2, 0.25) is 0 Å². The highest BCUT2D eigenvalue weighted by molar-refractivity contribution is 5.82. The molecule has 0 saturated carbocycles. The van der Waals surface area contributed by atoms with Crippen molar-refractivity contribution in [1.29, 1.82) is 0 Å². The SMILES string of the molecule is CCCC(C)C(=O)Cc1ncnn1CC. The van der Waals surface area contributed by atoms with Crippen molar-refractivity contribution in [3.63, 3.8) is 0 Å². The van der Waals surface area contributed by atoms with Crippen molar-refractivity contribution < 1.29 is 4.79 Å². The maximum absolute atomic E-state index is 11.8. The second-order valence-corrected chi connectivity index (χ2v) is 3.82. The van der Waals surface area contributed by atoms with Crippen molar-refractivity contribution in [1.82, 2.24) is 14.8 Å². The Labute approximate surface area is 90.7 Å². The number of Topliss-reactive ketones (excluding diaryl/α,β-unsaturated/α-hetero) is 1. The fourth-order valence-electron chi connectivity index (χ4n) is 1.61. The van der Waals surface area contributed by atoms with Gasteiger partial charge in [-0.25, -0.2) is 9.67 Å². The molecule has 0 spiro atoms. The molecule has 1 aromatic rings. The molecule has 84 valence electrons. The Morgan fingerprint density at radius 1 is 1.53 bits per heavy atom. The van der Waals surface area contributed by atoms with E-state index >= 15 is 0 Å². The van der Waals surface area contributed by atoms with E-state index in [2.05, 4.69) is 17.0 Å². The Morgan fingerprint density at radius 2 is 2.27 bits per heavy atom. The summed E-state index contributed by atoms with van der Waals surface area (Å²) >= 11 is 0. The van der Waals surface area contributed by atoms with E-state index in [9.17, 15) is 4.79 Å². The summed E-state index contributed by atoms with van der Waals surface area (Å²) in [4.78, 5) is 15.9. The van der Waals surface area contributed by atoms with E-state index in [-0.39, 0.29) is 11.7 Å². The van der Waals surface area contributed by atoms with Crippen LogP contribution in [0.1, 0.15) is 39.4 Å². The van der Waals surface area contributed by atoms with Gasteiger partial charge < -0.3 is 0 Å². The van der Waals surface area contributed by atoms with Gasteiger partial charge in [0.15, 0.2) is 0 Å². The lowest BCUT2D eigenvalue weighted by Gasteiger charge is -2.08. The zero-order valence-corrected chi connectivity index (χ0v) is 9.73. The Kier molecular flexibility index (Phi) is 4.46. The van der Waals surface area contributed by atoms with Crippen LogP contribution in [0.4, 0.5) is 0 Å². The minimum absolute atomic E-state index is 0.136. The molecule has 1 heterocycles. The smallest absolute Gasteiger partial charge is 0.143 e. The average Bonchev–Trinajstić information content (AvgIpc) is 2.65. The fourth-order valence-corrected chi connectivity index (χ4v) is 1.61. The number of aromatic nitrogens is 3. The highest BCUT2D eigenvalue weighted by atomic mass is 16.1. The zero-order valence-electron chi connectivity index (χ0n) is 9.73. The van der Waals surface area contributed by atoms with Crippen LogP contribution in [0.5, 0.6) is 0 Å². The highest BCUT2D eigenvalue weighted by Crippen LogP contribution is 2.09. The van der Waals surface area contributed by atoms with Crippen molar-refractivity contribution in [3.05, 3.63) is 12.2 Å². The molecular weight excluding hydrogens is 190 g/mol. The van der Waals surface area contributed by atoms with E-state index in [0.717, 1.165) is 25.2 Å². The van der Waals surface area contributed by atoms with E-state index in [1.54, 1.807) is 4.68 Å². The number of nitrogens with zero attached hydrogens (tertiary/aromatic N) is 3. The van der Waals surface area contributed by atoms with Gasteiger partial charge in [-0.1, -0.05) is 20.3 Å². The molecule has 1 unspecified atom stereocenters. The third-order valence-corrected chi connectivity index (χ3v) is 2.60. The molecular formula is C11H19N3O. The van der Waals surface area contributed by atoms with Crippen LogP contribution in [-0.4, -0.2) is 20.5 Å². The summed E-state index contributed by atoms with van der Waals surface area (Å²) in [5, 5.41) is 4.05. The second-order valence-electron chi connectivity index (χ2n) is 3.82. The molecule has 0 saturated heterocycles. The fraction of sp³-hybridized carbons (Fsp3) is 0.727. The zero-order chi connectivity index (χ0) is 11.3. The molecule has 0 radical (unpaired) electrons. The molecule has 0 bridgehead atoms. The normalized spacial score (nSPS) is 12.7. The van der Waals surface area contributed by atoms with E-state index in [4.69, 9.17) is 0 Å². The van der Waals surface area contributed by atoms with E-state index in [1.807, 2.05) is 13.8 Å². The summed E-state index contributed by atoms with van der Waals surface area (Å²) in [6.07, 6.45) is 3.93. The summed E-state index contributed by atoms with van der Waals surface area (Å²) in [6, 6.07) is 0. The van der Waals surface area contributed by atoms with Crippen LogP contribution in [0, 0.1) is 5.92 Å². The molecule has 4 nitrogen and oxygen atoms in total. The quantitative estimate of drug-likeness (QED) is 0.718. The third-order valence-electron chi connectivity index (χ3n) is 2.60. The second kappa shape index (κ2) is 5.63. The first-order chi connectivity index (χ1) is 7.19. The molecule has 15 heavy (non-hydrogen) atoms. The van der Waals surface area contributed by atoms with Gasteiger partial charge in [-0.05, 0) is 13.3 Å². The van der Waals surface area contributed by atoms with Crippen LogP contribution in [0.3, 0.4) is 0 Å². The first-order valence-corrected chi connectivity index (χ1v) is 5.58. The van der Waals surface area contributed by atoms with Gasteiger partial charge in [0, 0.05) is 12.5 Å². The van der Waals surface area contributed by atoms with Crippen molar-refractivity contribution in [3.8, 4) is 0 Å². The van der Waals surface area contributed by atoms with Gasteiger partial charge in [0.05, 0.1) is 6.42 Å². The number of carbonyl (C=O) groups excluding carboxylic acids is 1. The van der Waals surface area contributed by atoms with Gasteiger partial charge in [-0.2, -0.15) is 5.10 Å². The van der Waals surface area contributed by atoms with Gasteiger partial charge in [0.1, 0.15) is 17.9 Å². The Balaban J connectivity index is 2.58. The van der Waals surface area contributed by atoms with E-state index < -0.39 is 0 Å². The van der Waals surface area contributed by atoms with E-state index in [1.165, 1.54) is 6.33 Å². The molecule has 0 fully saturated rings. The topological polar surface area (TPSA) is 47.8 Å². The van der Waals surface area contributed by atoms with Crippen molar-refractivity contribution in [2.75, 3.05) is 0 Å².